The zero-order valence-electron chi connectivity index (χ0n) is 21.0. The van der Waals surface area contributed by atoms with Crippen LogP contribution in [-0.4, -0.2) is 53.1 Å². The number of hydrogen-bond acceptors (Lipinski definition) is 5. The highest BCUT2D eigenvalue weighted by molar-refractivity contribution is 8.23. The Bertz CT molecular complexity index is 877. The molecule has 0 unspecified atom stereocenters. The Kier molecular flexibility index (Phi) is 10.1. The van der Waals surface area contributed by atoms with Gasteiger partial charge in [0.25, 0.3) is 0 Å². The third kappa shape index (κ3) is 7.89. The topological polar surface area (TPSA) is 49.8 Å². The van der Waals surface area contributed by atoms with Crippen LogP contribution in [0.15, 0.2) is 54.1 Å². The van der Waals surface area contributed by atoms with Crippen LogP contribution in [0.5, 0.6) is 0 Å². The second-order valence-corrected chi connectivity index (χ2v) is 16.7. The molecule has 1 aromatic rings. The molecule has 0 aromatic heterocycles. The second-order valence-electron chi connectivity index (χ2n) is 10.3. The first-order valence-electron chi connectivity index (χ1n) is 11.5. The van der Waals surface area contributed by atoms with Crippen LogP contribution in [0.4, 0.5) is 0 Å². The minimum Gasteiger partial charge on any atom is -0.413 e. The second kappa shape index (κ2) is 11.9. The average molecular weight is 506 g/mol. The fourth-order valence-electron chi connectivity index (χ4n) is 3.22. The van der Waals surface area contributed by atoms with Gasteiger partial charge in [-0.1, -0.05) is 106 Å². The van der Waals surface area contributed by atoms with Crippen LogP contribution >= 0.6 is 24.0 Å². The van der Waals surface area contributed by atoms with E-state index in [2.05, 4.69) is 46.0 Å². The molecule has 1 heterocycles. The molecule has 1 aliphatic heterocycles. The molecule has 1 N–H and O–H groups in total. The summed E-state index contributed by atoms with van der Waals surface area (Å²) in [7, 11) is -1.79. The number of carbonyl (C=O) groups is 1. The smallest absolute Gasteiger partial charge is 0.234 e. The Morgan fingerprint density at radius 1 is 1.33 bits per heavy atom. The van der Waals surface area contributed by atoms with Crippen LogP contribution in [0.1, 0.15) is 40.2 Å². The van der Waals surface area contributed by atoms with Crippen LogP contribution in [0.25, 0.3) is 0 Å². The molecule has 1 amide bonds. The quantitative estimate of drug-likeness (QED) is 0.254. The van der Waals surface area contributed by atoms with Crippen molar-refractivity contribution < 1.29 is 14.3 Å². The molecule has 1 fully saturated rings. The van der Waals surface area contributed by atoms with E-state index in [0.29, 0.717) is 10.9 Å². The third-order valence-corrected chi connectivity index (χ3v) is 12.7. The van der Waals surface area contributed by atoms with E-state index in [1.165, 1.54) is 17.3 Å². The lowest BCUT2D eigenvalue weighted by atomic mass is 10.00. The third-order valence-electron chi connectivity index (χ3n) is 6.63. The highest BCUT2D eigenvalue weighted by Crippen LogP contribution is 2.36. The molecule has 1 aliphatic rings. The van der Waals surface area contributed by atoms with Crippen molar-refractivity contribution in [2.24, 2.45) is 5.92 Å². The van der Waals surface area contributed by atoms with Gasteiger partial charge in [0.1, 0.15) is 4.32 Å². The molecule has 0 bridgehead atoms. The van der Waals surface area contributed by atoms with E-state index in [0.717, 1.165) is 17.7 Å². The van der Waals surface area contributed by atoms with E-state index in [4.69, 9.17) is 16.6 Å². The van der Waals surface area contributed by atoms with Crippen molar-refractivity contribution in [1.82, 2.24) is 4.90 Å². The summed E-state index contributed by atoms with van der Waals surface area (Å²) in [6, 6.07) is 10.2. The SMILES string of the molecule is CC(/C=C/[C@H](O)[C@@H](C)C(=O)N1C(=S)SC[C@H]1Cc1ccccc1)=C\CO[Si](C)(C)C(C)(C)C. The Hall–Kier alpha value is -1.25. The number of aliphatic hydroxyl groups excluding tert-OH is 1. The van der Waals surface area contributed by atoms with Gasteiger partial charge in [-0.25, -0.2) is 0 Å². The van der Waals surface area contributed by atoms with Gasteiger partial charge in [-0.3, -0.25) is 9.69 Å². The van der Waals surface area contributed by atoms with Crippen molar-refractivity contribution >= 4 is 42.5 Å². The summed E-state index contributed by atoms with van der Waals surface area (Å²) in [4.78, 5) is 14.9. The largest absolute Gasteiger partial charge is 0.413 e. The summed E-state index contributed by atoms with van der Waals surface area (Å²) in [5, 5.41) is 10.9. The summed E-state index contributed by atoms with van der Waals surface area (Å²) in [6.07, 6.45) is 5.46. The van der Waals surface area contributed by atoms with Crippen LogP contribution in [0.2, 0.25) is 18.1 Å². The van der Waals surface area contributed by atoms with Gasteiger partial charge < -0.3 is 9.53 Å². The van der Waals surface area contributed by atoms with Gasteiger partial charge in [-0.15, -0.1) is 0 Å². The first-order valence-corrected chi connectivity index (χ1v) is 15.8. The summed E-state index contributed by atoms with van der Waals surface area (Å²) in [5.74, 6) is 0.0900. The molecule has 0 radical (unpaired) electrons. The lowest BCUT2D eigenvalue weighted by Gasteiger charge is -2.35. The molecular weight excluding hydrogens is 467 g/mol. The number of thioether (sulfide) groups is 1. The molecule has 1 aromatic carbocycles. The lowest BCUT2D eigenvalue weighted by Crippen LogP contribution is -2.45. The molecule has 4 nitrogen and oxygen atoms in total. The minimum atomic E-state index is -1.79. The molecule has 0 saturated carbocycles. The standard InChI is InChI=1S/C26H39NO3S2Si/c1-19(15-16-30-33(6,7)26(3,4)5)13-14-23(28)20(2)24(29)27-22(18-32-25(27)31)17-21-11-9-8-10-12-21/h8-15,20,22-23,28H,16-18H2,1-7H3/b14-13+,19-15+/t20-,22-,23+/m1/s1. The molecule has 7 heteroatoms. The van der Waals surface area contributed by atoms with E-state index in [-0.39, 0.29) is 17.0 Å². The van der Waals surface area contributed by atoms with Crippen molar-refractivity contribution in [3.8, 4) is 0 Å². The molecule has 33 heavy (non-hydrogen) atoms. The van der Waals surface area contributed by atoms with E-state index < -0.39 is 20.3 Å². The molecule has 3 atom stereocenters. The van der Waals surface area contributed by atoms with Crippen molar-refractivity contribution in [2.45, 2.75) is 71.3 Å². The highest BCUT2D eigenvalue weighted by atomic mass is 32.2. The number of thiocarbonyl (C=S) groups is 1. The number of nitrogens with zero attached hydrogens (tertiary/aromatic N) is 1. The Morgan fingerprint density at radius 3 is 2.58 bits per heavy atom. The van der Waals surface area contributed by atoms with Gasteiger partial charge in [0.2, 0.25) is 5.91 Å². The average Bonchev–Trinajstić information content (AvgIpc) is 3.10. The fourth-order valence-corrected chi connectivity index (χ4v) is 5.57. The number of rotatable bonds is 9. The van der Waals surface area contributed by atoms with Gasteiger partial charge in [0.05, 0.1) is 24.7 Å². The van der Waals surface area contributed by atoms with Gasteiger partial charge in [-0.2, -0.15) is 0 Å². The van der Waals surface area contributed by atoms with Crippen molar-refractivity contribution in [1.29, 1.82) is 0 Å². The van der Waals surface area contributed by atoms with Gasteiger partial charge >= 0.3 is 0 Å². The zero-order chi connectivity index (χ0) is 24.8. The highest BCUT2D eigenvalue weighted by Gasteiger charge is 2.38. The summed E-state index contributed by atoms with van der Waals surface area (Å²) >= 11 is 7.01. The molecule has 0 aliphatic carbocycles. The first kappa shape index (κ1) is 28.0. The molecule has 182 valence electrons. The summed E-state index contributed by atoms with van der Waals surface area (Å²) < 4.78 is 6.79. The van der Waals surface area contributed by atoms with Gasteiger partial charge in [-0.05, 0) is 37.0 Å². The van der Waals surface area contributed by atoms with E-state index in [9.17, 15) is 9.90 Å². The molecule has 0 spiro atoms. The maximum Gasteiger partial charge on any atom is 0.234 e. The monoisotopic (exact) mass is 505 g/mol. The van der Waals surface area contributed by atoms with Crippen LogP contribution in [-0.2, 0) is 15.6 Å². The van der Waals surface area contributed by atoms with E-state index >= 15 is 0 Å². The number of amides is 1. The van der Waals surface area contributed by atoms with Gasteiger partial charge in [0, 0.05) is 5.75 Å². The molecular formula is C26H39NO3S2Si. The van der Waals surface area contributed by atoms with E-state index in [1.807, 2.05) is 37.3 Å². The maximum absolute atomic E-state index is 13.2. The lowest BCUT2D eigenvalue weighted by molar-refractivity contribution is -0.134. The van der Waals surface area contributed by atoms with Crippen molar-refractivity contribution in [3.63, 3.8) is 0 Å². The number of allylic oxidation sites excluding steroid dienone is 2. The Labute approximate surface area is 210 Å². The number of benzene rings is 1. The maximum atomic E-state index is 13.2. The predicted molar refractivity (Wildman–Crippen MR) is 147 cm³/mol. The first-order chi connectivity index (χ1) is 15.3. The minimum absolute atomic E-state index is 0.0187. The van der Waals surface area contributed by atoms with Gasteiger partial charge in [0.15, 0.2) is 8.32 Å². The van der Waals surface area contributed by atoms with Crippen LogP contribution in [0.3, 0.4) is 0 Å². The Morgan fingerprint density at radius 2 is 1.97 bits per heavy atom. The number of carbonyl (C=O) groups excluding carboxylic acids is 1. The fraction of sp³-hybridized carbons (Fsp3) is 0.538. The number of aliphatic hydroxyl groups is 1. The summed E-state index contributed by atoms with van der Waals surface area (Å²) in [5.41, 5.74) is 2.18. The van der Waals surface area contributed by atoms with Crippen LogP contribution in [0, 0.1) is 5.92 Å². The van der Waals surface area contributed by atoms with E-state index in [1.54, 1.807) is 17.9 Å². The van der Waals surface area contributed by atoms with Crippen molar-refractivity contribution in [2.75, 3.05) is 12.4 Å². The summed E-state index contributed by atoms with van der Waals surface area (Å²) in [6.45, 7) is 15.4. The van der Waals surface area contributed by atoms with Crippen molar-refractivity contribution in [3.05, 3.63) is 59.7 Å². The number of hydrogen-bond donors (Lipinski definition) is 1. The molecule has 1 saturated heterocycles. The molecule has 2 rings (SSSR count). The normalized spacial score (nSPS) is 19.9. The Balaban J connectivity index is 1.97. The zero-order valence-corrected chi connectivity index (χ0v) is 23.6. The van der Waals surface area contributed by atoms with Crippen LogP contribution < -0.4 is 0 Å². The predicted octanol–water partition coefficient (Wildman–Crippen LogP) is 5.98.